The first kappa shape index (κ1) is 18.5. The van der Waals surface area contributed by atoms with Gasteiger partial charge in [0.05, 0.1) is 15.6 Å². The summed E-state index contributed by atoms with van der Waals surface area (Å²) in [5.74, 6) is 1.86. The van der Waals surface area contributed by atoms with Crippen LogP contribution in [0.5, 0.6) is 0 Å². The maximum atomic E-state index is 12.7. The lowest BCUT2D eigenvalue weighted by molar-refractivity contribution is 0.0914. The van der Waals surface area contributed by atoms with Gasteiger partial charge >= 0.3 is 0 Å². The van der Waals surface area contributed by atoms with E-state index >= 15 is 0 Å². The predicted molar refractivity (Wildman–Crippen MR) is 110 cm³/mol. The van der Waals surface area contributed by atoms with Crippen LogP contribution in [0.3, 0.4) is 0 Å². The molecule has 6 heteroatoms. The lowest BCUT2D eigenvalue weighted by atomic mass is 9.84. The van der Waals surface area contributed by atoms with Crippen LogP contribution in [-0.4, -0.2) is 17.9 Å². The lowest BCUT2D eigenvalue weighted by Crippen LogP contribution is -2.40. The standard InChI is InChI=1S/C21H23ClN2O2S/c1-12(16-10-13-4-5-14(16)9-13)23-20(25)15-6-7-17(22)18(11-15)24-21(26)19-3-2-8-27-19/h2-3,6-8,11-14,16H,4-5,9-10H2,1H3,(H,23,25)(H,24,26). The Labute approximate surface area is 168 Å². The van der Waals surface area contributed by atoms with Crippen molar-refractivity contribution in [1.29, 1.82) is 0 Å². The van der Waals surface area contributed by atoms with Crippen molar-refractivity contribution in [1.82, 2.24) is 5.32 Å². The van der Waals surface area contributed by atoms with E-state index < -0.39 is 0 Å². The highest BCUT2D eigenvalue weighted by atomic mass is 35.5. The highest BCUT2D eigenvalue weighted by Crippen LogP contribution is 2.49. The Bertz CT molecular complexity index is 852. The molecule has 2 aliphatic rings. The Morgan fingerprint density at radius 1 is 1.19 bits per heavy atom. The minimum absolute atomic E-state index is 0.117. The van der Waals surface area contributed by atoms with Crippen LogP contribution in [0.1, 0.15) is 52.6 Å². The summed E-state index contributed by atoms with van der Waals surface area (Å²) in [6, 6.07) is 8.74. The van der Waals surface area contributed by atoms with Crippen molar-refractivity contribution >= 4 is 40.4 Å². The molecular weight excluding hydrogens is 380 g/mol. The Kier molecular flexibility index (Phi) is 5.24. The number of hydrogen-bond acceptors (Lipinski definition) is 3. The molecule has 2 amide bonds. The summed E-state index contributed by atoms with van der Waals surface area (Å²) in [5, 5.41) is 8.21. The second-order valence-electron chi connectivity index (χ2n) is 7.73. The van der Waals surface area contributed by atoms with Gasteiger partial charge in [0, 0.05) is 11.6 Å². The number of halogens is 1. The van der Waals surface area contributed by atoms with Crippen LogP contribution in [0.4, 0.5) is 5.69 Å². The molecule has 1 heterocycles. The van der Waals surface area contributed by atoms with Gasteiger partial charge in [-0.2, -0.15) is 0 Å². The minimum atomic E-state index is -0.222. The smallest absolute Gasteiger partial charge is 0.265 e. The molecule has 142 valence electrons. The van der Waals surface area contributed by atoms with Gasteiger partial charge < -0.3 is 10.6 Å². The predicted octanol–water partition coefficient (Wildman–Crippen LogP) is 5.21. The summed E-state index contributed by atoms with van der Waals surface area (Å²) >= 11 is 7.58. The third-order valence-corrected chi connectivity index (χ3v) is 7.21. The van der Waals surface area contributed by atoms with Gasteiger partial charge in [-0.15, -0.1) is 11.3 Å². The van der Waals surface area contributed by atoms with E-state index in [-0.39, 0.29) is 17.9 Å². The fourth-order valence-electron chi connectivity index (χ4n) is 4.66. The average Bonchev–Trinajstić information content (AvgIpc) is 3.41. The fraction of sp³-hybridized carbons (Fsp3) is 0.429. The van der Waals surface area contributed by atoms with Gasteiger partial charge in [-0.1, -0.05) is 24.1 Å². The van der Waals surface area contributed by atoms with Crippen LogP contribution in [0.15, 0.2) is 35.7 Å². The molecule has 0 aliphatic heterocycles. The van der Waals surface area contributed by atoms with E-state index in [1.54, 1.807) is 24.3 Å². The SMILES string of the molecule is CC(NC(=O)c1ccc(Cl)c(NC(=O)c2cccs2)c1)C1CC2CCC1C2. The van der Waals surface area contributed by atoms with Gasteiger partial charge in [-0.3, -0.25) is 9.59 Å². The summed E-state index contributed by atoms with van der Waals surface area (Å²) in [6.07, 6.45) is 5.21. The first-order valence-electron chi connectivity index (χ1n) is 9.46. The third kappa shape index (κ3) is 3.90. The number of hydrogen-bond donors (Lipinski definition) is 2. The lowest BCUT2D eigenvalue weighted by Gasteiger charge is -2.28. The molecule has 4 nitrogen and oxygen atoms in total. The summed E-state index contributed by atoms with van der Waals surface area (Å²) in [4.78, 5) is 25.6. The Morgan fingerprint density at radius 2 is 2.04 bits per heavy atom. The van der Waals surface area contributed by atoms with Crippen molar-refractivity contribution < 1.29 is 9.59 Å². The number of thiophene rings is 1. The van der Waals surface area contributed by atoms with Gasteiger partial charge in [0.15, 0.2) is 0 Å². The third-order valence-electron chi connectivity index (χ3n) is 6.02. The minimum Gasteiger partial charge on any atom is -0.349 e. The summed E-state index contributed by atoms with van der Waals surface area (Å²) < 4.78 is 0. The van der Waals surface area contributed by atoms with E-state index in [4.69, 9.17) is 11.6 Å². The number of carbonyl (C=O) groups is 2. The maximum absolute atomic E-state index is 12.7. The van der Waals surface area contributed by atoms with Gasteiger partial charge in [-0.25, -0.2) is 0 Å². The number of rotatable bonds is 5. The van der Waals surface area contributed by atoms with Crippen LogP contribution < -0.4 is 10.6 Å². The molecule has 4 unspecified atom stereocenters. The molecule has 0 saturated heterocycles. The number of nitrogens with one attached hydrogen (secondary N) is 2. The monoisotopic (exact) mass is 402 g/mol. The molecule has 0 radical (unpaired) electrons. The van der Waals surface area contributed by atoms with Crippen molar-refractivity contribution in [2.45, 2.75) is 38.6 Å². The number of carbonyl (C=O) groups excluding carboxylic acids is 2. The zero-order valence-corrected chi connectivity index (χ0v) is 16.8. The van der Waals surface area contributed by atoms with Crippen molar-refractivity contribution in [2.75, 3.05) is 5.32 Å². The molecule has 1 aromatic heterocycles. The topological polar surface area (TPSA) is 58.2 Å². The highest BCUT2D eigenvalue weighted by Gasteiger charge is 2.42. The molecule has 0 spiro atoms. The summed E-state index contributed by atoms with van der Waals surface area (Å²) in [7, 11) is 0. The molecule has 2 fully saturated rings. The first-order chi connectivity index (χ1) is 13.0. The van der Waals surface area contributed by atoms with E-state index in [1.165, 1.54) is 37.0 Å². The van der Waals surface area contributed by atoms with E-state index in [2.05, 4.69) is 17.6 Å². The van der Waals surface area contributed by atoms with Gasteiger partial charge in [-0.05, 0) is 73.6 Å². The normalized spacial score (nSPS) is 24.6. The van der Waals surface area contributed by atoms with E-state index in [1.807, 2.05) is 11.4 Å². The largest absolute Gasteiger partial charge is 0.349 e. The second-order valence-corrected chi connectivity index (χ2v) is 9.08. The summed E-state index contributed by atoms with van der Waals surface area (Å²) in [6.45, 7) is 2.11. The van der Waals surface area contributed by atoms with E-state index in [0.29, 0.717) is 27.1 Å². The second kappa shape index (κ2) is 7.64. The average molecular weight is 403 g/mol. The highest BCUT2D eigenvalue weighted by molar-refractivity contribution is 7.12. The molecule has 2 bridgehead atoms. The molecule has 27 heavy (non-hydrogen) atoms. The quantitative estimate of drug-likeness (QED) is 0.721. The van der Waals surface area contributed by atoms with Gasteiger partial charge in [0.25, 0.3) is 11.8 Å². The molecular formula is C21H23ClN2O2S. The van der Waals surface area contributed by atoms with Crippen molar-refractivity contribution in [3.8, 4) is 0 Å². The first-order valence-corrected chi connectivity index (χ1v) is 10.7. The van der Waals surface area contributed by atoms with Crippen molar-refractivity contribution in [3.05, 3.63) is 51.2 Å². The molecule has 2 aromatic rings. The van der Waals surface area contributed by atoms with Crippen LogP contribution in [0, 0.1) is 17.8 Å². The molecule has 2 N–H and O–H groups in total. The maximum Gasteiger partial charge on any atom is 0.265 e. The van der Waals surface area contributed by atoms with Crippen molar-refractivity contribution in [3.63, 3.8) is 0 Å². The number of benzene rings is 1. The van der Waals surface area contributed by atoms with Crippen LogP contribution in [0.25, 0.3) is 0 Å². The number of anilines is 1. The van der Waals surface area contributed by atoms with Crippen molar-refractivity contribution in [2.24, 2.45) is 17.8 Å². The van der Waals surface area contributed by atoms with Crippen LogP contribution >= 0.6 is 22.9 Å². The molecule has 1 aromatic carbocycles. The Morgan fingerprint density at radius 3 is 2.70 bits per heavy atom. The molecule has 4 rings (SSSR count). The van der Waals surface area contributed by atoms with Gasteiger partial charge in [0.1, 0.15) is 0 Å². The van der Waals surface area contributed by atoms with Crippen LogP contribution in [-0.2, 0) is 0 Å². The zero-order valence-electron chi connectivity index (χ0n) is 15.2. The zero-order chi connectivity index (χ0) is 19.0. The van der Waals surface area contributed by atoms with Gasteiger partial charge in [0.2, 0.25) is 0 Å². The fourth-order valence-corrected chi connectivity index (χ4v) is 5.44. The number of amides is 2. The summed E-state index contributed by atoms with van der Waals surface area (Å²) in [5.41, 5.74) is 0.964. The Hall–Kier alpha value is -1.85. The molecule has 2 saturated carbocycles. The Balaban J connectivity index is 1.43. The number of fused-ring (bicyclic) bond motifs is 2. The van der Waals surface area contributed by atoms with E-state index in [9.17, 15) is 9.59 Å². The van der Waals surface area contributed by atoms with E-state index in [0.717, 1.165) is 11.8 Å². The van der Waals surface area contributed by atoms with Crippen LogP contribution in [0.2, 0.25) is 5.02 Å². The molecule has 2 aliphatic carbocycles. The molecule has 4 atom stereocenters.